The van der Waals surface area contributed by atoms with Crippen LogP contribution in [-0.4, -0.2) is 63.2 Å². The summed E-state index contributed by atoms with van der Waals surface area (Å²) in [6.07, 6.45) is 9.02. The van der Waals surface area contributed by atoms with Crippen molar-refractivity contribution in [3.8, 4) is 6.07 Å². The quantitative estimate of drug-likeness (QED) is 0.336. The van der Waals surface area contributed by atoms with E-state index in [2.05, 4.69) is 22.0 Å². The van der Waals surface area contributed by atoms with Gasteiger partial charge in [0, 0.05) is 38.4 Å². The molecule has 7 N–H and O–H groups in total. The van der Waals surface area contributed by atoms with Gasteiger partial charge in [0.2, 0.25) is 5.91 Å². The number of piperidine rings is 1. The Morgan fingerprint density at radius 2 is 1.97 bits per heavy atom. The van der Waals surface area contributed by atoms with Crippen LogP contribution in [0.25, 0.3) is 0 Å². The summed E-state index contributed by atoms with van der Waals surface area (Å²) < 4.78 is 11.9. The van der Waals surface area contributed by atoms with Crippen LogP contribution in [0, 0.1) is 29.1 Å². The fraction of sp³-hybridized carbons (Fsp3) is 0.846. The van der Waals surface area contributed by atoms with E-state index in [1.165, 1.54) is 12.0 Å². The lowest BCUT2D eigenvalue weighted by molar-refractivity contribution is -0.129. The van der Waals surface area contributed by atoms with Crippen LogP contribution in [0.5, 0.6) is 0 Å². The highest BCUT2D eigenvalue weighted by Crippen LogP contribution is 2.38. The van der Waals surface area contributed by atoms with Crippen molar-refractivity contribution in [3.63, 3.8) is 0 Å². The van der Waals surface area contributed by atoms with Gasteiger partial charge in [-0.15, -0.1) is 0 Å². The Balaban J connectivity index is 1.51. The molecule has 0 radical (unpaired) electrons. The molecule has 1 amide bonds. The van der Waals surface area contributed by atoms with Crippen molar-refractivity contribution in [3.05, 3.63) is 11.3 Å². The summed E-state index contributed by atoms with van der Waals surface area (Å²) in [5.41, 5.74) is 14.8. The summed E-state index contributed by atoms with van der Waals surface area (Å²) in [4.78, 5) is 13.8. The van der Waals surface area contributed by atoms with Crippen LogP contribution in [0.3, 0.4) is 0 Å². The third-order valence-electron chi connectivity index (χ3n) is 8.23. The molecule has 1 aliphatic carbocycles. The standard InChI is InChI=1S/C26H44N6O3/c27-11-7-17-5-6-18-3-1-2-4-20(18)24(31-15-17)23(25(28)29)26(33)32-21-16-30-12-8-22(21)35-19-9-13-34-14-10-19/h17-19,21-23,25,30-31H,1-10,12-16,28-29H2,(H,32,33)/b24-20-. The summed E-state index contributed by atoms with van der Waals surface area (Å²) in [7, 11) is 0. The van der Waals surface area contributed by atoms with Crippen molar-refractivity contribution in [2.45, 2.75) is 88.6 Å². The average molecular weight is 489 g/mol. The molecule has 2 saturated heterocycles. The molecule has 5 atom stereocenters. The molecule has 9 heteroatoms. The van der Waals surface area contributed by atoms with Crippen molar-refractivity contribution in [2.75, 3.05) is 32.8 Å². The van der Waals surface area contributed by atoms with E-state index in [4.69, 9.17) is 20.9 Å². The maximum absolute atomic E-state index is 13.8. The van der Waals surface area contributed by atoms with Gasteiger partial charge in [0.05, 0.1) is 30.5 Å². The Bertz CT molecular complexity index is 776. The zero-order chi connectivity index (χ0) is 24.6. The van der Waals surface area contributed by atoms with Crippen LogP contribution in [0.15, 0.2) is 11.3 Å². The van der Waals surface area contributed by atoms with Gasteiger partial charge in [0.25, 0.3) is 0 Å². The fourth-order valence-corrected chi connectivity index (χ4v) is 6.25. The van der Waals surface area contributed by atoms with Crippen molar-refractivity contribution in [2.24, 2.45) is 29.2 Å². The number of amides is 1. The number of hydrogen-bond acceptors (Lipinski definition) is 8. The smallest absolute Gasteiger partial charge is 0.232 e. The summed E-state index contributed by atoms with van der Waals surface area (Å²) in [6.45, 7) is 3.67. The van der Waals surface area contributed by atoms with Crippen molar-refractivity contribution in [1.29, 1.82) is 5.26 Å². The number of ether oxygens (including phenoxy) is 2. The topological polar surface area (TPSA) is 147 Å². The lowest BCUT2D eigenvalue weighted by Gasteiger charge is -2.39. The SMILES string of the molecule is N#CCC1CCC2CCCC/C2=C(\C(C(=O)NC2CNCCC2OC2CCOCC2)C(N)N)NC1. The zero-order valence-corrected chi connectivity index (χ0v) is 21.0. The highest BCUT2D eigenvalue weighted by atomic mass is 16.5. The van der Waals surface area contributed by atoms with E-state index in [0.29, 0.717) is 25.4 Å². The van der Waals surface area contributed by atoms with Crippen LogP contribution in [0.4, 0.5) is 0 Å². The molecule has 0 aromatic carbocycles. The molecule has 4 rings (SSSR count). The lowest BCUT2D eigenvalue weighted by Crippen LogP contribution is -2.59. The minimum Gasteiger partial charge on any atom is -0.387 e. The lowest BCUT2D eigenvalue weighted by atomic mass is 9.75. The maximum atomic E-state index is 13.8. The summed E-state index contributed by atoms with van der Waals surface area (Å²) in [6, 6.07) is 2.19. The van der Waals surface area contributed by atoms with E-state index in [1.54, 1.807) is 0 Å². The van der Waals surface area contributed by atoms with Crippen molar-refractivity contribution >= 4 is 5.91 Å². The first-order valence-corrected chi connectivity index (χ1v) is 13.7. The first kappa shape index (κ1) is 26.4. The van der Waals surface area contributed by atoms with Gasteiger partial charge in [0.1, 0.15) is 5.92 Å². The zero-order valence-electron chi connectivity index (χ0n) is 21.0. The van der Waals surface area contributed by atoms with E-state index in [0.717, 1.165) is 76.8 Å². The van der Waals surface area contributed by atoms with E-state index in [1.807, 2.05) is 0 Å². The van der Waals surface area contributed by atoms with E-state index in [9.17, 15) is 10.1 Å². The molecule has 0 aromatic rings. The van der Waals surface area contributed by atoms with Crippen LogP contribution in [0.2, 0.25) is 0 Å². The molecule has 196 valence electrons. The highest BCUT2D eigenvalue weighted by molar-refractivity contribution is 5.82. The third kappa shape index (κ3) is 6.95. The van der Waals surface area contributed by atoms with E-state index in [-0.39, 0.29) is 30.1 Å². The predicted octanol–water partition coefficient (Wildman–Crippen LogP) is 1.25. The largest absolute Gasteiger partial charge is 0.387 e. The molecule has 0 aromatic heterocycles. The average Bonchev–Trinajstić information content (AvgIpc) is 2.85. The van der Waals surface area contributed by atoms with E-state index >= 15 is 0 Å². The number of carbonyl (C=O) groups excluding carboxylic acids is 1. The van der Waals surface area contributed by atoms with Crippen molar-refractivity contribution < 1.29 is 14.3 Å². The molecular weight excluding hydrogens is 444 g/mol. The molecule has 4 aliphatic rings. The van der Waals surface area contributed by atoms with Gasteiger partial charge in [-0.2, -0.15) is 5.26 Å². The molecule has 3 heterocycles. The second kappa shape index (κ2) is 13.0. The number of nitrogens with zero attached hydrogens (tertiary/aromatic N) is 1. The number of nitriles is 1. The number of nitrogens with two attached hydrogens (primary N) is 2. The third-order valence-corrected chi connectivity index (χ3v) is 8.23. The number of nitrogens with one attached hydrogen (secondary N) is 3. The Morgan fingerprint density at radius 1 is 1.14 bits per heavy atom. The van der Waals surface area contributed by atoms with Gasteiger partial charge < -0.3 is 36.9 Å². The van der Waals surface area contributed by atoms with Gasteiger partial charge >= 0.3 is 0 Å². The van der Waals surface area contributed by atoms with Crippen LogP contribution >= 0.6 is 0 Å². The molecule has 5 unspecified atom stereocenters. The van der Waals surface area contributed by atoms with Gasteiger partial charge in [-0.05, 0) is 75.3 Å². The van der Waals surface area contributed by atoms with Crippen LogP contribution in [0.1, 0.15) is 64.2 Å². The highest BCUT2D eigenvalue weighted by Gasteiger charge is 2.37. The van der Waals surface area contributed by atoms with Gasteiger partial charge in [0.15, 0.2) is 0 Å². The molecule has 1 saturated carbocycles. The molecular formula is C26H44N6O3. The monoisotopic (exact) mass is 488 g/mol. The van der Waals surface area contributed by atoms with Crippen LogP contribution in [-0.2, 0) is 14.3 Å². The summed E-state index contributed by atoms with van der Waals surface area (Å²) >= 11 is 0. The molecule has 3 aliphatic heterocycles. The Kier molecular flexibility index (Phi) is 9.81. The second-order valence-corrected chi connectivity index (χ2v) is 10.7. The predicted molar refractivity (Wildman–Crippen MR) is 134 cm³/mol. The molecule has 3 fully saturated rings. The normalized spacial score (nSPS) is 33.5. The van der Waals surface area contributed by atoms with Gasteiger partial charge in [-0.3, -0.25) is 4.79 Å². The first-order valence-electron chi connectivity index (χ1n) is 13.7. The Hall–Kier alpha value is -1.70. The van der Waals surface area contributed by atoms with Gasteiger partial charge in [-0.25, -0.2) is 0 Å². The van der Waals surface area contributed by atoms with E-state index < -0.39 is 12.1 Å². The summed E-state index contributed by atoms with van der Waals surface area (Å²) in [5.74, 6) is -0.0678. The molecule has 0 bridgehead atoms. The molecule has 0 spiro atoms. The molecule has 9 nitrogen and oxygen atoms in total. The Morgan fingerprint density at radius 3 is 2.74 bits per heavy atom. The second-order valence-electron chi connectivity index (χ2n) is 10.7. The number of allylic oxidation sites excluding steroid dienone is 1. The number of rotatable bonds is 7. The maximum Gasteiger partial charge on any atom is 0.232 e. The van der Waals surface area contributed by atoms with Crippen LogP contribution < -0.4 is 27.4 Å². The minimum absolute atomic E-state index is 0.0386. The first-order chi connectivity index (χ1) is 17.1. The minimum atomic E-state index is -0.812. The number of fused-ring (bicyclic) bond motifs is 1. The Labute approximate surface area is 209 Å². The van der Waals surface area contributed by atoms with Gasteiger partial charge in [-0.1, -0.05) is 6.42 Å². The van der Waals surface area contributed by atoms with Crippen molar-refractivity contribution in [1.82, 2.24) is 16.0 Å². The number of carbonyl (C=O) groups is 1. The fourth-order valence-electron chi connectivity index (χ4n) is 6.25. The number of hydrogen-bond donors (Lipinski definition) is 5. The molecule has 35 heavy (non-hydrogen) atoms. The summed E-state index contributed by atoms with van der Waals surface area (Å²) in [5, 5.41) is 19.5.